The van der Waals surface area contributed by atoms with Crippen molar-refractivity contribution in [3.8, 4) is 0 Å². The first kappa shape index (κ1) is 13.2. The number of furan rings is 1. The fourth-order valence-corrected chi connectivity index (χ4v) is 3.70. The van der Waals surface area contributed by atoms with E-state index in [0.29, 0.717) is 3.57 Å². The van der Waals surface area contributed by atoms with E-state index in [1.807, 2.05) is 34.7 Å². The van der Waals surface area contributed by atoms with Gasteiger partial charge in [-0.2, -0.15) is 0 Å². The molecule has 0 spiro atoms. The summed E-state index contributed by atoms with van der Waals surface area (Å²) in [7, 11) is 0. The summed E-state index contributed by atoms with van der Waals surface area (Å²) >= 11 is 2.04. The second-order valence-electron chi connectivity index (χ2n) is 5.43. The van der Waals surface area contributed by atoms with E-state index < -0.39 is 0 Å². The highest BCUT2D eigenvalue weighted by Crippen LogP contribution is 2.45. The smallest absolute Gasteiger partial charge is 0.136 e. The first-order valence-electron chi connectivity index (χ1n) is 7.03. The molecule has 2 aliphatic rings. The highest BCUT2D eigenvalue weighted by atomic mass is 127. The van der Waals surface area contributed by atoms with Crippen LogP contribution in [-0.4, -0.2) is 5.71 Å². The van der Waals surface area contributed by atoms with E-state index in [-0.39, 0.29) is 11.7 Å². The van der Waals surface area contributed by atoms with Crippen LogP contribution in [0, 0.1) is 9.39 Å². The lowest BCUT2D eigenvalue weighted by Gasteiger charge is -2.28. The summed E-state index contributed by atoms with van der Waals surface area (Å²) < 4.78 is 19.6. The Labute approximate surface area is 135 Å². The van der Waals surface area contributed by atoms with Gasteiger partial charge in [0.05, 0.1) is 6.26 Å². The standard InChI is InChI=1S/C17H13FINO/c18-13-6-5-10(7-14(13)19)17-11-3-1-2-4-15(11)20-16-9-21-8-12(16)17/h3,5-9,17H,1-2,4H2/t17-/m1/s1. The summed E-state index contributed by atoms with van der Waals surface area (Å²) in [4.78, 5) is 4.72. The molecule has 1 aliphatic heterocycles. The average Bonchev–Trinajstić information content (AvgIpc) is 2.95. The monoisotopic (exact) mass is 393 g/mol. The van der Waals surface area contributed by atoms with Gasteiger partial charge in [-0.05, 0) is 65.1 Å². The number of hydrogen-bond donors (Lipinski definition) is 0. The Morgan fingerprint density at radius 1 is 1.29 bits per heavy atom. The van der Waals surface area contributed by atoms with Crippen molar-refractivity contribution in [1.29, 1.82) is 0 Å². The molecule has 2 heterocycles. The summed E-state index contributed by atoms with van der Waals surface area (Å²) in [5, 5.41) is 0. The number of fused-ring (bicyclic) bond motifs is 2. The van der Waals surface area contributed by atoms with Gasteiger partial charge in [-0.15, -0.1) is 0 Å². The Balaban J connectivity index is 1.91. The van der Waals surface area contributed by atoms with Gasteiger partial charge in [-0.3, -0.25) is 0 Å². The Hall–Kier alpha value is -1.43. The average molecular weight is 393 g/mol. The number of nitrogens with zero attached hydrogens (tertiary/aromatic N) is 1. The van der Waals surface area contributed by atoms with Gasteiger partial charge in [0.1, 0.15) is 17.8 Å². The molecule has 0 saturated heterocycles. The summed E-state index contributed by atoms with van der Waals surface area (Å²) in [5.41, 5.74) is 5.50. The maximum atomic E-state index is 13.6. The number of aliphatic imine (C=N–C) groups is 1. The van der Waals surface area contributed by atoms with Crippen LogP contribution in [0.2, 0.25) is 0 Å². The fourth-order valence-electron chi connectivity index (χ4n) is 3.17. The van der Waals surface area contributed by atoms with Crippen molar-refractivity contribution in [2.24, 2.45) is 4.99 Å². The third kappa shape index (κ3) is 2.16. The van der Waals surface area contributed by atoms with Crippen LogP contribution in [0.5, 0.6) is 0 Å². The van der Waals surface area contributed by atoms with Crippen LogP contribution in [0.15, 0.2) is 51.8 Å². The minimum absolute atomic E-state index is 0.112. The van der Waals surface area contributed by atoms with Gasteiger partial charge in [0, 0.05) is 20.8 Å². The second kappa shape index (κ2) is 5.09. The summed E-state index contributed by atoms with van der Waals surface area (Å²) in [5.74, 6) is -0.0604. The predicted molar refractivity (Wildman–Crippen MR) is 88.7 cm³/mol. The van der Waals surface area contributed by atoms with E-state index in [4.69, 9.17) is 9.41 Å². The lowest BCUT2D eigenvalue weighted by atomic mass is 9.78. The molecule has 1 aromatic carbocycles. The maximum absolute atomic E-state index is 13.6. The predicted octanol–water partition coefficient (Wildman–Crippen LogP) is 5.35. The molecule has 4 rings (SSSR count). The van der Waals surface area contributed by atoms with Gasteiger partial charge in [-0.1, -0.05) is 12.1 Å². The van der Waals surface area contributed by atoms with Crippen molar-refractivity contribution >= 4 is 34.0 Å². The molecule has 2 nitrogen and oxygen atoms in total. The molecule has 0 N–H and O–H groups in total. The van der Waals surface area contributed by atoms with Crippen molar-refractivity contribution in [2.75, 3.05) is 0 Å². The van der Waals surface area contributed by atoms with Crippen LogP contribution in [0.1, 0.15) is 36.3 Å². The molecular formula is C17H13FINO. The quantitative estimate of drug-likeness (QED) is 0.600. The zero-order valence-electron chi connectivity index (χ0n) is 11.3. The highest BCUT2D eigenvalue weighted by molar-refractivity contribution is 14.1. The van der Waals surface area contributed by atoms with E-state index in [0.717, 1.165) is 41.8 Å². The van der Waals surface area contributed by atoms with E-state index >= 15 is 0 Å². The normalized spacial score (nSPS) is 20.4. The van der Waals surface area contributed by atoms with Crippen LogP contribution >= 0.6 is 22.6 Å². The van der Waals surface area contributed by atoms with Crippen LogP contribution in [0.25, 0.3) is 0 Å². The van der Waals surface area contributed by atoms with Gasteiger partial charge in [0.25, 0.3) is 0 Å². The lowest BCUT2D eigenvalue weighted by molar-refractivity contribution is 0.564. The molecule has 0 radical (unpaired) electrons. The Bertz CT molecular complexity index is 775. The molecule has 4 heteroatoms. The molecule has 0 saturated carbocycles. The topological polar surface area (TPSA) is 25.5 Å². The first-order chi connectivity index (χ1) is 10.2. The summed E-state index contributed by atoms with van der Waals surface area (Å²) in [6, 6.07) is 5.35. The molecule has 0 fully saturated rings. The largest absolute Gasteiger partial charge is 0.470 e. The summed E-state index contributed by atoms with van der Waals surface area (Å²) in [6.07, 6.45) is 8.98. The zero-order valence-corrected chi connectivity index (χ0v) is 13.4. The molecule has 0 amide bonds. The third-order valence-electron chi connectivity index (χ3n) is 4.14. The number of benzene rings is 1. The van der Waals surface area contributed by atoms with E-state index in [9.17, 15) is 4.39 Å². The number of halogens is 2. The van der Waals surface area contributed by atoms with Gasteiger partial charge < -0.3 is 4.42 Å². The van der Waals surface area contributed by atoms with Crippen molar-refractivity contribution in [1.82, 2.24) is 0 Å². The fraction of sp³-hybridized carbons (Fsp3) is 0.235. The lowest BCUT2D eigenvalue weighted by Crippen LogP contribution is -2.19. The van der Waals surface area contributed by atoms with E-state index in [2.05, 4.69) is 6.08 Å². The Kier molecular flexibility index (Phi) is 3.21. The second-order valence-corrected chi connectivity index (χ2v) is 6.59. The molecule has 0 bridgehead atoms. The van der Waals surface area contributed by atoms with Gasteiger partial charge >= 0.3 is 0 Å². The summed E-state index contributed by atoms with van der Waals surface area (Å²) in [6.45, 7) is 0. The van der Waals surface area contributed by atoms with Gasteiger partial charge in [-0.25, -0.2) is 9.38 Å². The van der Waals surface area contributed by atoms with Gasteiger partial charge in [0.15, 0.2) is 0 Å². The molecule has 0 unspecified atom stereocenters. The van der Waals surface area contributed by atoms with Crippen molar-refractivity contribution in [2.45, 2.75) is 25.2 Å². The maximum Gasteiger partial charge on any atom is 0.136 e. The number of rotatable bonds is 1. The SMILES string of the molecule is Fc1ccc([C@@H]2C3=CCCCC3=Nc3cocc32)cc1I. The van der Waals surface area contributed by atoms with Crippen molar-refractivity contribution < 1.29 is 8.81 Å². The van der Waals surface area contributed by atoms with Crippen molar-refractivity contribution in [3.63, 3.8) is 0 Å². The molecule has 1 aromatic heterocycles. The molecule has 21 heavy (non-hydrogen) atoms. The molecule has 106 valence electrons. The van der Waals surface area contributed by atoms with Crippen molar-refractivity contribution in [3.05, 3.63) is 62.9 Å². The van der Waals surface area contributed by atoms with Crippen LogP contribution < -0.4 is 0 Å². The highest BCUT2D eigenvalue weighted by Gasteiger charge is 2.31. The zero-order chi connectivity index (χ0) is 14.4. The molecule has 2 aromatic rings. The third-order valence-corrected chi connectivity index (χ3v) is 4.97. The first-order valence-corrected chi connectivity index (χ1v) is 8.11. The van der Waals surface area contributed by atoms with E-state index in [1.165, 1.54) is 5.57 Å². The van der Waals surface area contributed by atoms with Crippen LogP contribution in [0.3, 0.4) is 0 Å². The van der Waals surface area contributed by atoms with Crippen LogP contribution in [-0.2, 0) is 0 Å². The Morgan fingerprint density at radius 3 is 3.05 bits per heavy atom. The van der Waals surface area contributed by atoms with Gasteiger partial charge in [0.2, 0.25) is 0 Å². The van der Waals surface area contributed by atoms with Crippen LogP contribution in [0.4, 0.5) is 10.1 Å². The molecular weight excluding hydrogens is 380 g/mol. The van der Waals surface area contributed by atoms with E-state index in [1.54, 1.807) is 18.6 Å². The minimum Gasteiger partial charge on any atom is -0.470 e. The number of hydrogen-bond acceptors (Lipinski definition) is 2. The Morgan fingerprint density at radius 2 is 2.19 bits per heavy atom. The molecule has 1 atom stereocenters. The number of allylic oxidation sites excluding steroid dienone is 2. The minimum atomic E-state index is -0.172. The molecule has 1 aliphatic carbocycles.